The van der Waals surface area contributed by atoms with Gasteiger partial charge in [0.2, 0.25) is 0 Å². The molecule has 0 atom stereocenters. The Kier molecular flexibility index (Phi) is 3.75. The van der Waals surface area contributed by atoms with Crippen molar-refractivity contribution in [1.82, 2.24) is 9.55 Å². The van der Waals surface area contributed by atoms with Crippen LogP contribution in [0.1, 0.15) is 17.0 Å². The van der Waals surface area contributed by atoms with Gasteiger partial charge in [-0.05, 0) is 30.7 Å². The largest absolute Gasteiger partial charge is 0.384 e. The molecule has 2 rings (SSSR count). The molecule has 3 nitrogen and oxygen atoms in total. The number of nitrogens with zero attached hydrogens (tertiary/aromatic N) is 2. The fraction of sp³-hybridized carbons (Fsp3) is 0.214. The van der Waals surface area contributed by atoms with Gasteiger partial charge in [-0.2, -0.15) is 0 Å². The second kappa shape index (κ2) is 5.48. The number of aliphatic hydroxyl groups is 1. The van der Waals surface area contributed by atoms with E-state index in [0.717, 1.165) is 11.4 Å². The molecule has 0 aliphatic rings. The quantitative estimate of drug-likeness (QED) is 0.817. The molecule has 1 heterocycles. The fourth-order valence-corrected chi connectivity index (χ4v) is 1.72. The Balaban J connectivity index is 2.28. The van der Waals surface area contributed by atoms with Gasteiger partial charge in [-0.1, -0.05) is 11.8 Å². The molecule has 2 aromatic rings. The summed E-state index contributed by atoms with van der Waals surface area (Å²) in [5.41, 5.74) is 1.38. The lowest BCUT2D eigenvalue weighted by Crippen LogP contribution is -2.01. The maximum absolute atomic E-state index is 13.4. The van der Waals surface area contributed by atoms with E-state index in [4.69, 9.17) is 5.11 Å². The highest BCUT2D eigenvalue weighted by Gasteiger charge is 2.02. The summed E-state index contributed by atoms with van der Waals surface area (Å²) in [6.07, 6.45) is 3.56. The fourth-order valence-electron chi connectivity index (χ4n) is 1.72. The number of imidazole rings is 1. The van der Waals surface area contributed by atoms with E-state index in [1.54, 1.807) is 6.20 Å². The Morgan fingerprint density at radius 1 is 1.39 bits per heavy atom. The highest BCUT2D eigenvalue weighted by molar-refractivity contribution is 5.38. The van der Waals surface area contributed by atoms with Gasteiger partial charge in [-0.3, -0.25) is 0 Å². The summed E-state index contributed by atoms with van der Waals surface area (Å²) in [6.45, 7) is 2.22. The van der Waals surface area contributed by atoms with Crippen molar-refractivity contribution in [3.8, 4) is 11.8 Å². The zero-order chi connectivity index (χ0) is 13.0. The van der Waals surface area contributed by atoms with Crippen molar-refractivity contribution >= 4 is 0 Å². The predicted molar refractivity (Wildman–Crippen MR) is 66.4 cm³/mol. The molecule has 1 N–H and O–H groups in total. The molecule has 0 fully saturated rings. The third-order valence-corrected chi connectivity index (χ3v) is 2.55. The number of aliphatic hydroxyl groups excluding tert-OH is 1. The van der Waals surface area contributed by atoms with E-state index in [1.165, 1.54) is 12.1 Å². The Morgan fingerprint density at radius 2 is 2.22 bits per heavy atom. The maximum atomic E-state index is 13.4. The molecule has 1 aromatic carbocycles. The zero-order valence-electron chi connectivity index (χ0n) is 10.0. The molecule has 4 heteroatoms. The molecule has 0 unspecified atom stereocenters. The van der Waals surface area contributed by atoms with E-state index in [-0.39, 0.29) is 12.4 Å². The van der Waals surface area contributed by atoms with Crippen molar-refractivity contribution < 1.29 is 9.50 Å². The average Bonchev–Trinajstić information content (AvgIpc) is 2.72. The van der Waals surface area contributed by atoms with Crippen molar-refractivity contribution in [3.63, 3.8) is 0 Å². The first-order chi connectivity index (χ1) is 8.69. The minimum absolute atomic E-state index is 0.230. The van der Waals surface area contributed by atoms with Crippen LogP contribution in [0.15, 0.2) is 30.6 Å². The second-order valence-electron chi connectivity index (χ2n) is 3.91. The van der Waals surface area contributed by atoms with Crippen LogP contribution in [0.3, 0.4) is 0 Å². The van der Waals surface area contributed by atoms with Crippen LogP contribution in [0.25, 0.3) is 0 Å². The topological polar surface area (TPSA) is 38.0 Å². The van der Waals surface area contributed by atoms with Crippen LogP contribution >= 0.6 is 0 Å². The SMILES string of the molecule is Cc1nccn1Cc1cc(F)cc(C#CCO)c1. The standard InChI is InChI=1S/C14H13FN2O/c1-11-16-4-5-17(11)10-13-7-12(3-2-6-18)8-14(15)9-13/h4-5,7-9,18H,6,10H2,1H3. The summed E-state index contributed by atoms with van der Waals surface area (Å²) in [6, 6.07) is 4.64. The van der Waals surface area contributed by atoms with Gasteiger partial charge in [0.15, 0.2) is 0 Å². The lowest BCUT2D eigenvalue weighted by Gasteiger charge is -2.06. The van der Waals surface area contributed by atoms with Crippen LogP contribution in [-0.2, 0) is 6.54 Å². The smallest absolute Gasteiger partial charge is 0.124 e. The van der Waals surface area contributed by atoms with Crippen LogP contribution in [0.4, 0.5) is 4.39 Å². The molecule has 0 spiro atoms. The highest BCUT2D eigenvalue weighted by atomic mass is 19.1. The molecule has 1 aromatic heterocycles. The lowest BCUT2D eigenvalue weighted by molar-refractivity contribution is 0.350. The molecular weight excluding hydrogens is 231 g/mol. The second-order valence-corrected chi connectivity index (χ2v) is 3.91. The minimum atomic E-state index is -0.326. The Morgan fingerprint density at radius 3 is 2.89 bits per heavy atom. The van der Waals surface area contributed by atoms with Gasteiger partial charge in [0, 0.05) is 24.5 Å². The van der Waals surface area contributed by atoms with E-state index < -0.39 is 0 Å². The van der Waals surface area contributed by atoms with Gasteiger partial charge < -0.3 is 9.67 Å². The van der Waals surface area contributed by atoms with Gasteiger partial charge >= 0.3 is 0 Å². The molecule has 18 heavy (non-hydrogen) atoms. The van der Waals surface area contributed by atoms with Crippen LogP contribution < -0.4 is 0 Å². The minimum Gasteiger partial charge on any atom is -0.384 e. The van der Waals surface area contributed by atoms with E-state index in [1.807, 2.05) is 23.8 Å². The summed E-state index contributed by atoms with van der Waals surface area (Å²) in [5.74, 6) is 5.76. The van der Waals surface area contributed by atoms with Crippen LogP contribution in [-0.4, -0.2) is 21.3 Å². The predicted octanol–water partition coefficient (Wildman–Crippen LogP) is 1.72. The van der Waals surface area contributed by atoms with Gasteiger partial charge in [-0.15, -0.1) is 0 Å². The zero-order valence-corrected chi connectivity index (χ0v) is 10.0. The van der Waals surface area contributed by atoms with Crippen molar-refractivity contribution in [2.45, 2.75) is 13.5 Å². The van der Waals surface area contributed by atoms with E-state index in [2.05, 4.69) is 16.8 Å². The van der Waals surface area contributed by atoms with Gasteiger partial charge in [0.1, 0.15) is 18.2 Å². The Bertz CT molecular complexity index is 608. The monoisotopic (exact) mass is 244 g/mol. The summed E-state index contributed by atoms with van der Waals surface area (Å²) in [5, 5.41) is 8.63. The van der Waals surface area contributed by atoms with Crippen LogP contribution in [0.5, 0.6) is 0 Å². The Labute approximate surface area is 105 Å². The lowest BCUT2D eigenvalue weighted by atomic mass is 10.1. The molecule has 0 aliphatic heterocycles. The van der Waals surface area contributed by atoms with Crippen molar-refractivity contribution in [1.29, 1.82) is 0 Å². The first-order valence-corrected chi connectivity index (χ1v) is 5.56. The summed E-state index contributed by atoms with van der Waals surface area (Å²) in [4.78, 5) is 4.12. The van der Waals surface area contributed by atoms with Gasteiger partial charge in [0.05, 0.1) is 0 Å². The number of rotatable bonds is 2. The molecule has 0 aliphatic carbocycles. The molecule has 92 valence electrons. The molecular formula is C14H13FN2O. The number of aryl methyl sites for hydroxylation is 1. The number of hydrogen-bond donors (Lipinski definition) is 1. The third-order valence-electron chi connectivity index (χ3n) is 2.55. The van der Waals surface area contributed by atoms with E-state index in [9.17, 15) is 4.39 Å². The molecule has 0 radical (unpaired) electrons. The summed E-state index contributed by atoms with van der Waals surface area (Å²) >= 11 is 0. The number of hydrogen-bond acceptors (Lipinski definition) is 2. The maximum Gasteiger partial charge on any atom is 0.124 e. The van der Waals surface area contributed by atoms with Crippen LogP contribution in [0.2, 0.25) is 0 Å². The number of benzene rings is 1. The van der Waals surface area contributed by atoms with Crippen molar-refractivity contribution in [3.05, 3.63) is 53.4 Å². The molecule has 0 saturated heterocycles. The number of aromatic nitrogens is 2. The molecule has 0 bridgehead atoms. The highest BCUT2D eigenvalue weighted by Crippen LogP contribution is 2.11. The Hall–Kier alpha value is -2.12. The van der Waals surface area contributed by atoms with E-state index in [0.29, 0.717) is 12.1 Å². The normalized spacial score (nSPS) is 9.94. The van der Waals surface area contributed by atoms with E-state index >= 15 is 0 Å². The van der Waals surface area contributed by atoms with Crippen molar-refractivity contribution in [2.75, 3.05) is 6.61 Å². The average molecular weight is 244 g/mol. The molecule has 0 amide bonds. The first kappa shape index (κ1) is 12.3. The van der Waals surface area contributed by atoms with Gasteiger partial charge in [-0.25, -0.2) is 9.37 Å². The summed E-state index contributed by atoms with van der Waals surface area (Å²) < 4.78 is 15.4. The van der Waals surface area contributed by atoms with Crippen molar-refractivity contribution in [2.24, 2.45) is 0 Å². The number of halogens is 1. The summed E-state index contributed by atoms with van der Waals surface area (Å²) in [7, 11) is 0. The van der Waals surface area contributed by atoms with Crippen LogP contribution in [0, 0.1) is 24.6 Å². The molecule has 0 saturated carbocycles. The third kappa shape index (κ3) is 2.96. The first-order valence-electron chi connectivity index (χ1n) is 5.56. The van der Waals surface area contributed by atoms with Gasteiger partial charge in [0.25, 0.3) is 0 Å².